The van der Waals surface area contributed by atoms with Crippen molar-refractivity contribution in [3.05, 3.63) is 70.1 Å². The van der Waals surface area contributed by atoms with Crippen molar-refractivity contribution >= 4 is 27.3 Å². The molecule has 7 nitrogen and oxygen atoms in total. The van der Waals surface area contributed by atoms with Crippen molar-refractivity contribution in [3.8, 4) is 22.4 Å². The van der Waals surface area contributed by atoms with Crippen molar-refractivity contribution < 1.29 is 9.53 Å². The minimum Gasteiger partial charge on any atom is -0.378 e. The normalized spacial score (nSPS) is 14.2. The zero-order chi connectivity index (χ0) is 21.4. The molecule has 0 unspecified atom stereocenters. The Morgan fingerprint density at radius 1 is 1.10 bits per heavy atom. The summed E-state index contributed by atoms with van der Waals surface area (Å²) in [5.41, 5.74) is 3.76. The van der Waals surface area contributed by atoms with Gasteiger partial charge in [-0.3, -0.25) is 14.6 Å². The molecule has 8 heteroatoms. The van der Waals surface area contributed by atoms with E-state index in [1.54, 1.807) is 24.3 Å². The van der Waals surface area contributed by atoms with E-state index in [0.29, 0.717) is 37.3 Å². The lowest BCUT2D eigenvalue weighted by Crippen LogP contribution is -2.40. The zero-order valence-corrected chi connectivity index (χ0v) is 17.8. The Morgan fingerprint density at radius 2 is 1.87 bits per heavy atom. The summed E-state index contributed by atoms with van der Waals surface area (Å²) in [6.07, 6.45) is 3.42. The van der Waals surface area contributed by atoms with E-state index in [0.717, 1.165) is 27.1 Å². The second-order valence-corrected chi connectivity index (χ2v) is 8.23. The minimum absolute atomic E-state index is 0.0169. The second-order valence-electron chi connectivity index (χ2n) is 7.35. The summed E-state index contributed by atoms with van der Waals surface area (Å²) in [6, 6.07) is 11.2. The third-order valence-corrected chi connectivity index (χ3v) is 6.42. The molecule has 5 rings (SSSR count). The number of hydrogen-bond acceptors (Lipinski definition) is 6. The molecule has 1 fully saturated rings. The molecular weight excluding hydrogens is 412 g/mol. The fourth-order valence-electron chi connectivity index (χ4n) is 3.83. The molecular formula is C23H20N4O3S. The van der Waals surface area contributed by atoms with Gasteiger partial charge < -0.3 is 9.64 Å². The van der Waals surface area contributed by atoms with Gasteiger partial charge in [-0.05, 0) is 29.8 Å². The molecule has 31 heavy (non-hydrogen) atoms. The maximum absolute atomic E-state index is 13.0. The van der Waals surface area contributed by atoms with Crippen LogP contribution in [0.4, 0.5) is 0 Å². The lowest BCUT2D eigenvalue weighted by atomic mass is 10.0. The van der Waals surface area contributed by atoms with Gasteiger partial charge in [0.2, 0.25) is 0 Å². The number of rotatable bonds is 3. The van der Waals surface area contributed by atoms with Crippen molar-refractivity contribution in [2.45, 2.75) is 0 Å². The first kappa shape index (κ1) is 19.6. The molecule has 1 saturated heterocycles. The summed E-state index contributed by atoms with van der Waals surface area (Å²) in [6.45, 7) is 2.29. The third kappa shape index (κ3) is 3.54. The fourth-order valence-corrected chi connectivity index (χ4v) is 4.90. The molecule has 4 heterocycles. The van der Waals surface area contributed by atoms with Crippen molar-refractivity contribution in [3.63, 3.8) is 0 Å². The standard InChI is InChI=1S/C23H20N4O3S/c1-26-23(29)19-18(14-31-21(19)20(25-26)15-5-7-24-8-6-15)16-3-2-4-17(13-16)22(28)27-9-11-30-12-10-27/h2-8,13-14H,9-12H2,1H3. The van der Waals surface area contributed by atoms with E-state index in [1.165, 1.54) is 16.0 Å². The quantitative estimate of drug-likeness (QED) is 0.497. The van der Waals surface area contributed by atoms with Crippen LogP contribution in [0, 0.1) is 0 Å². The monoisotopic (exact) mass is 432 g/mol. The molecule has 1 aliphatic heterocycles. The van der Waals surface area contributed by atoms with Crippen LogP contribution in [0.25, 0.3) is 32.5 Å². The number of carbonyl (C=O) groups is 1. The molecule has 1 amide bonds. The van der Waals surface area contributed by atoms with Gasteiger partial charge in [0.05, 0.1) is 23.3 Å². The Morgan fingerprint density at radius 3 is 2.65 bits per heavy atom. The highest BCUT2D eigenvalue weighted by atomic mass is 32.1. The van der Waals surface area contributed by atoms with Gasteiger partial charge in [0.15, 0.2) is 0 Å². The summed E-state index contributed by atoms with van der Waals surface area (Å²) in [5.74, 6) is -0.0169. The molecule has 3 aromatic heterocycles. The van der Waals surface area contributed by atoms with E-state index in [4.69, 9.17) is 4.74 Å². The van der Waals surface area contributed by atoms with Crippen LogP contribution >= 0.6 is 11.3 Å². The molecule has 0 radical (unpaired) electrons. The number of ether oxygens (including phenoxy) is 1. The number of amides is 1. The van der Waals surface area contributed by atoms with Crippen LogP contribution in [0.5, 0.6) is 0 Å². The maximum Gasteiger partial charge on any atom is 0.275 e. The number of thiophene rings is 1. The molecule has 1 aliphatic rings. The van der Waals surface area contributed by atoms with Gasteiger partial charge in [-0.2, -0.15) is 5.10 Å². The number of benzene rings is 1. The van der Waals surface area contributed by atoms with E-state index in [1.807, 2.05) is 41.8 Å². The van der Waals surface area contributed by atoms with E-state index in [2.05, 4.69) is 10.1 Å². The Balaban J connectivity index is 1.63. The number of nitrogens with zero attached hydrogens (tertiary/aromatic N) is 4. The maximum atomic E-state index is 13.0. The Kier molecular flexibility index (Phi) is 5.09. The first-order valence-electron chi connectivity index (χ1n) is 10.00. The van der Waals surface area contributed by atoms with Gasteiger partial charge in [-0.15, -0.1) is 11.3 Å². The van der Waals surface area contributed by atoms with Gasteiger partial charge in [-0.25, -0.2) is 4.68 Å². The zero-order valence-electron chi connectivity index (χ0n) is 16.9. The fraction of sp³-hybridized carbons (Fsp3) is 0.217. The van der Waals surface area contributed by atoms with Crippen LogP contribution < -0.4 is 5.56 Å². The number of pyridine rings is 1. The first-order chi connectivity index (χ1) is 15.1. The predicted molar refractivity (Wildman–Crippen MR) is 120 cm³/mol. The van der Waals surface area contributed by atoms with E-state index in [-0.39, 0.29) is 11.5 Å². The summed E-state index contributed by atoms with van der Waals surface area (Å²) < 4.78 is 7.55. The van der Waals surface area contributed by atoms with E-state index < -0.39 is 0 Å². The Bertz CT molecular complexity index is 1320. The number of carbonyl (C=O) groups excluding carboxylic acids is 1. The largest absolute Gasteiger partial charge is 0.378 e. The molecule has 156 valence electrons. The topological polar surface area (TPSA) is 77.3 Å². The van der Waals surface area contributed by atoms with E-state index >= 15 is 0 Å². The summed E-state index contributed by atoms with van der Waals surface area (Å²) in [4.78, 5) is 31.9. The smallest absolute Gasteiger partial charge is 0.275 e. The Hall–Kier alpha value is -3.36. The number of morpholine rings is 1. The number of aryl methyl sites for hydroxylation is 1. The SMILES string of the molecule is Cn1nc(-c2ccncc2)c2scc(-c3cccc(C(=O)N4CCOCC4)c3)c2c1=O. The summed E-state index contributed by atoms with van der Waals surface area (Å²) in [5, 5.41) is 7.08. The number of fused-ring (bicyclic) bond motifs is 1. The van der Waals surface area contributed by atoms with Crippen LogP contribution in [0.3, 0.4) is 0 Å². The van der Waals surface area contributed by atoms with Gasteiger partial charge in [-0.1, -0.05) is 12.1 Å². The Labute approximate surface area is 182 Å². The molecule has 0 atom stereocenters. The second kappa shape index (κ2) is 8.05. The molecule has 0 bridgehead atoms. The first-order valence-corrected chi connectivity index (χ1v) is 10.9. The molecule has 0 aliphatic carbocycles. The van der Waals surface area contributed by atoms with Crippen LogP contribution in [-0.2, 0) is 11.8 Å². The van der Waals surface area contributed by atoms with Gasteiger partial charge >= 0.3 is 0 Å². The average molecular weight is 433 g/mol. The van der Waals surface area contributed by atoms with Crippen LogP contribution in [-0.4, -0.2) is 51.9 Å². The lowest BCUT2D eigenvalue weighted by molar-refractivity contribution is 0.0303. The molecule has 0 spiro atoms. The van der Waals surface area contributed by atoms with E-state index in [9.17, 15) is 9.59 Å². The van der Waals surface area contributed by atoms with Crippen LogP contribution in [0.2, 0.25) is 0 Å². The van der Waals surface area contributed by atoms with Crippen molar-refractivity contribution in [1.29, 1.82) is 0 Å². The lowest BCUT2D eigenvalue weighted by Gasteiger charge is -2.27. The van der Waals surface area contributed by atoms with Gasteiger partial charge in [0.1, 0.15) is 5.69 Å². The summed E-state index contributed by atoms with van der Waals surface area (Å²) >= 11 is 1.49. The predicted octanol–water partition coefficient (Wildman–Crippen LogP) is 3.20. The third-order valence-electron chi connectivity index (χ3n) is 5.44. The molecule has 0 saturated carbocycles. The van der Waals surface area contributed by atoms with Crippen LogP contribution in [0.1, 0.15) is 10.4 Å². The van der Waals surface area contributed by atoms with Gasteiger partial charge in [0.25, 0.3) is 11.5 Å². The summed E-state index contributed by atoms with van der Waals surface area (Å²) in [7, 11) is 1.66. The van der Waals surface area contributed by atoms with Crippen molar-refractivity contribution in [2.75, 3.05) is 26.3 Å². The average Bonchev–Trinajstić information content (AvgIpc) is 3.28. The molecule has 1 aromatic carbocycles. The highest BCUT2D eigenvalue weighted by Crippen LogP contribution is 2.36. The van der Waals surface area contributed by atoms with Crippen LogP contribution in [0.15, 0.2) is 59.0 Å². The number of aromatic nitrogens is 3. The minimum atomic E-state index is -0.158. The van der Waals surface area contributed by atoms with Crippen molar-refractivity contribution in [1.82, 2.24) is 19.7 Å². The number of hydrogen-bond donors (Lipinski definition) is 0. The highest BCUT2D eigenvalue weighted by molar-refractivity contribution is 7.18. The molecule has 0 N–H and O–H groups in total. The van der Waals surface area contributed by atoms with Crippen molar-refractivity contribution in [2.24, 2.45) is 7.05 Å². The molecule has 4 aromatic rings. The van der Waals surface area contributed by atoms with Gasteiger partial charge in [0, 0.05) is 54.6 Å². The highest BCUT2D eigenvalue weighted by Gasteiger charge is 2.21.